The van der Waals surface area contributed by atoms with E-state index in [1.807, 2.05) is 0 Å². The normalized spacial score (nSPS) is 40.5. The fourth-order valence-electron chi connectivity index (χ4n) is 1.48. The Labute approximate surface area is 62.4 Å². The van der Waals surface area contributed by atoms with Gasteiger partial charge < -0.3 is 0 Å². The van der Waals surface area contributed by atoms with Gasteiger partial charge in [0.25, 0.3) is 0 Å². The Morgan fingerprint density at radius 1 is 1.40 bits per heavy atom. The van der Waals surface area contributed by atoms with Crippen LogP contribution in [0.15, 0.2) is 0 Å². The summed E-state index contributed by atoms with van der Waals surface area (Å²) in [5.41, 5.74) is 0. The quantitative estimate of drug-likeness (QED) is 0.599. The van der Waals surface area contributed by atoms with Crippen molar-refractivity contribution in [3.8, 4) is 0 Å². The van der Waals surface area contributed by atoms with Crippen molar-refractivity contribution in [1.82, 2.24) is 10.6 Å². The average molecular weight is 139 g/mol. The predicted octanol–water partition coefficient (Wildman–Crippen LogP) is 0.709. The van der Waals surface area contributed by atoms with Gasteiger partial charge in [-0.05, 0) is 25.2 Å². The molecule has 2 heteroatoms. The van der Waals surface area contributed by atoms with Crippen LogP contribution in [0.1, 0.15) is 26.2 Å². The summed E-state index contributed by atoms with van der Waals surface area (Å²) in [6.45, 7) is 3.35. The molecule has 2 rings (SSSR count). The Morgan fingerprint density at radius 3 is 2.70 bits per heavy atom. The molecule has 2 unspecified atom stereocenters. The molecule has 1 aliphatic heterocycles. The van der Waals surface area contributed by atoms with Crippen LogP contribution in [0.2, 0.25) is 0 Å². The first-order chi connectivity index (χ1) is 4.84. The highest BCUT2D eigenvalue weighted by atomic mass is 15.2. The maximum Gasteiger partial charge on any atom is 0.0741 e. The van der Waals surface area contributed by atoms with Gasteiger partial charge in [-0.15, -0.1) is 0 Å². The van der Waals surface area contributed by atoms with E-state index in [1.165, 1.54) is 19.3 Å². The van der Waals surface area contributed by atoms with Gasteiger partial charge in [0.2, 0.25) is 0 Å². The van der Waals surface area contributed by atoms with Crippen LogP contribution in [-0.4, -0.2) is 18.8 Å². The van der Waals surface area contributed by atoms with Gasteiger partial charge in [0.05, 0.1) is 6.17 Å². The molecule has 0 aromatic carbocycles. The Kier molecular flexibility index (Phi) is 1.66. The van der Waals surface area contributed by atoms with Gasteiger partial charge in [-0.2, -0.15) is 0 Å². The molecule has 1 saturated heterocycles. The van der Waals surface area contributed by atoms with Gasteiger partial charge in [-0.1, -0.05) is 6.92 Å². The first kappa shape index (κ1) is 6.62. The minimum atomic E-state index is 0.502. The summed E-state index contributed by atoms with van der Waals surface area (Å²) >= 11 is 0. The largest absolute Gasteiger partial charge is 0.298 e. The van der Waals surface area contributed by atoms with E-state index in [0.717, 1.165) is 18.5 Å². The summed E-state index contributed by atoms with van der Waals surface area (Å²) in [6.07, 6.45) is 4.51. The van der Waals surface area contributed by atoms with Crippen LogP contribution in [-0.2, 0) is 0 Å². The fraction of sp³-hybridized carbons (Fsp3) is 1.00. The second-order valence-electron chi connectivity index (χ2n) is 3.66. The van der Waals surface area contributed by atoms with Gasteiger partial charge in [0, 0.05) is 12.6 Å². The first-order valence-corrected chi connectivity index (χ1v) is 4.27. The van der Waals surface area contributed by atoms with Crippen LogP contribution >= 0.6 is 0 Å². The molecule has 2 atom stereocenters. The van der Waals surface area contributed by atoms with Gasteiger partial charge >= 0.3 is 0 Å². The van der Waals surface area contributed by atoms with Crippen LogP contribution in [0, 0.1) is 5.92 Å². The molecule has 57 valence electrons. The molecular weight excluding hydrogens is 124 g/mol. The summed E-state index contributed by atoms with van der Waals surface area (Å²) in [5.74, 6) is 0.816. The zero-order chi connectivity index (χ0) is 6.97. The van der Waals surface area contributed by atoms with Crippen molar-refractivity contribution in [2.45, 2.75) is 38.4 Å². The molecule has 2 fully saturated rings. The molecule has 0 amide bonds. The molecule has 1 N–H and O–H groups in total. The van der Waals surface area contributed by atoms with Crippen LogP contribution < -0.4 is 10.6 Å². The van der Waals surface area contributed by atoms with Crippen molar-refractivity contribution in [1.29, 1.82) is 0 Å². The lowest BCUT2D eigenvalue weighted by Crippen LogP contribution is -2.34. The van der Waals surface area contributed by atoms with E-state index in [0.29, 0.717) is 6.17 Å². The summed E-state index contributed by atoms with van der Waals surface area (Å²) in [7, 11) is 0. The average Bonchev–Trinajstić information content (AvgIpc) is 2.59. The Hall–Kier alpha value is -0.0800. The molecule has 0 aromatic rings. The molecule has 1 aliphatic carbocycles. The molecule has 1 saturated carbocycles. The molecule has 1 heterocycles. The zero-order valence-electron chi connectivity index (χ0n) is 6.51. The molecule has 0 bridgehead atoms. The highest BCUT2D eigenvalue weighted by Gasteiger charge is 2.28. The summed E-state index contributed by atoms with van der Waals surface area (Å²) in [4.78, 5) is 0. The number of hydrogen-bond acceptors (Lipinski definition) is 1. The second kappa shape index (κ2) is 2.51. The zero-order valence-corrected chi connectivity index (χ0v) is 6.51. The number of hydrogen-bond donors (Lipinski definition) is 1. The van der Waals surface area contributed by atoms with Crippen LogP contribution in [0.5, 0.6) is 0 Å². The maximum atomic E-state index is 4.49. The predicted molar refractivity (Wildman–Crippen MR) is 40.7 cm³/mol. The minimum absolute atomic E-state index is 0.502. The highest BCUT2D eigenvalue weighted by Crippen LogP contribution is 2.22. The number of nitrogens with zero attached hydrogens (tertiary/aromatic N) is 1. The van der Waals surface area contributed by atoms with Gasteiger partial charge in [0.15, 0.2) is 0 Å². The van der Waals surface area contributed by atoms with Crippen molar-refractivity contribution < 1.29 is 0 Å². The number of nitrogens with one attached hydrogen (secondary N) is 1. The summed E-state index contributed by atoms with van der Waals surface area (Å²) in [5, 5.41) is 8.00. The summed E-state index contributed by atoms with van der Waals surface area (Å²) in [6, 6.07) is 0.819. The lowest BCUT2D eigenvalue weighted by Gasteiger charge is -2.09. The minimum Gasteiger partial charge on any atom is -0.298 e. The van der Waals surface area contributed by atoms with E-state index < -0.39 is 0 Å². The van der Waals surface area contributed by atoms with Crippen LogP contribution in [0.4, 0.5) is 0 Å². The molecular formula is C8H15N2. The Bertz CT molecular complexity index is 120. The molecule has 10 heavy (non-hydrogen) atoms. The number of rotatable bonds is 2. The molecule has 2 aliphatic rings. The standard InChI is InChI=1S/C8H15N2/c1-6-4-8(9-5-6)10-7-2-3-7/h6-8,10H,2-5H2,1H3. The lowest BCUT2D eigenvalue weighted by atomic mass is 10.1. The van der Waals surface area contributed by atoms with E-state index in [9.17, 15) is 0 Å². The van der Waals surface area contributed by atoms with Crippen LogP contribution in [0.3, 0.4) is 0 Å². The third-order valence-electron chi connectivity index (χ3n) is 2.27. The van der Waals surface area contributed by atoms with E-state index in [2.05, 4.69) is 17.6 Å². The highest BCUT2D eigenvalue weighted by molar-refractivity contribution is 4.87. The Balaban J connectivity index is 1.72. The van der Waals surface area contributed by atoms with Crippen molar-refractivity contribution in [2.24, 2.45) is 5.92 Å². The van der Waals surface area contributed by atoms with E-state index in [1.54, 1.807) is 0 Å². The lowest BCUT2D eigenvalue weighted by molar-refractivity contribution is 0.465. The van der Waals surface area contributed by atoms with E-state index >= 15 is 0 Å². The monoisotopic (exact) mass is 139 g/mol. The van der Waals surface area contributed by atoms with Gasteiger partial charge in [-0.25, -0.2) is 5.32 Å². The van der Waals surface area contributed by atoms with E-state index in [-0.39, 0.29) is 0 Å². The molecule has 2 nitrogen and oxygen atoms in total. The second-order valence-corrected chi connectivity index (χ2v) is 3.66. The maximum absolute atomic E-state index is 4.49. The SMILES string of the molecule is CC1C[N]C(NC2CC2)C1. The van der Waals surface area contributed by atoms with Crippen LogP contribution in [0.25, 0.3) is 0 Å². The Morgan fingerprint density at radius 2 is 2.20 bits per heavy atom. The third kappa shape index (κ3) is 1.50. The van der Waals surface area contributed by atoms with Crippen molar-refractivity contribution >= 4 is 0 Å². The van der Waals surface area contributed by atoms with Gasteiger partial charge in [-0.3, -0.25) is 5.32 Å². The smallest absolute Gasteiger partial charge is 0.0741 e. The van der Waals surface area contributed by atoms with Gasteiger partial charge in [0.1, 0.15) is 0 Å². The van der Waals surface area contributed by atoms with Crippen molar-refractivity contribution in [3.05, 3.63) is 0 Å². The first-order valence-electron chi connectivity index (χ1n) is 4.27. The van der Waals surface area contributed by atoms with E-state index in [4.69, 9.17) is 0 Å². The molecule has 0 spiro atoms. The topological polar surface area (TPSA) is 26.1 Å². The summed E-state index contributed by atoms with van der Waals surface area (Å²) < 4.78 is 0. The molecule has 0 aromatic heterocycles. The van der Waals surface area contributed by atoms with Crippen molar-refractivity contribution in [2.75, 3.05) is 6.54 Å². The van der Waals surface area contributed by atoms with Crippen molar-refractivity contribution in [3.63, 3.8) is 0 Å². The molecule has 1 radical (unpaired) electrons. The third-order valence-corrected chi connectivity index (χ3v) is 2.27. The fourth-order valence-corrected chi connectivity index (χ4v) is 1.48.